The lowest BCUT2D eigenvalue weighted by atomic mass is 9.99. The molecule has 150 valence electrons. The van der Waals surface area contributed by atoms with Crippen molar-refractivity contribution in [1.82, 2.24) is 14.8 Å². The van der Waals surface area contributed by atoms with Gasteiger partial charge in [-0.05, 0) is 31.5 Å². The summed E-state index contributed by atoms with van der Waals surface area (Å²) in [4.78, 5) is 28.9. The van der Waals surface area contributed by atoms with Gasteiger partial charge in [0, 0.05) is 17.1 Å². The number of hydrogen-bond donors (Lipinski definition) is 2. The van der Waals surface area contributed by atoms with Crippen molar-refractivity contribution in [2.75, 3.05) is 5.32 Å². The predicted octanol–water partition coefficient (Wildman–Crippen LogP) is 3.45. The van der Waals surface area contributed by atoms with Gasteiger partial charge in [-0.25, -0.2) is 4.98 Å². The first-order valence-electron chi connectivity index (χ1n) is 9.50. The third-order valence-corrected chi connectivity index (χ3v) is 4.83. The summed E-state index contributed by atoms with van der Waals surface area (Å²) in [6.07, 6.45) is 3.05. The third kappa shape index (κ3) is 3.91. The maximum Gasteiger partial charge on any atom is 0.256 e. The molecule has 0 unspecified atom stereocenters. The highest BCUT2D eigenvalue weighted by molar-refractivity contribution is 6.13. The Bertz CT molecular complexity index is 1280. The standard InChI is InChI=1S/C23H21N5O2/c1-14-7-8-17(15(2)9-14)21-10-19(18-5-3-4-6-20(18)27-21)23(30)26-16-11-25-28(12-16)13-22(24)29/h3-12H,13H2,1-2H3,(H2,24,29)(H,26,30). The number of para-hydroxylation sites is 1. The molecule has 2 amide bonds. The Balaban J connectivity index is 1.74. The van der Waals surface area contributed by atoms with Gasteiger partial charge in [-0.1, -0.05) is 42.0 Å². The number of anilines is 1. The second-order valence-electron chi connectivity index (χ2n) is 7.24. The predicted molar refractivity (Wildman–Crippen MR) is 116 cm³/mol. The van der Waals surface area contributed by atoms with Crippen LogP contribution in [0.15, 0.2) is 60.9 Å². The Hall–Kier alpha value is -4.00. The second-order valence-corrected chi connectivity index (χ2v) is 7.24. The fourth-order valence-corrected chi connectivity index (χ4v) is 3.47. The first kappa shape index (κ1) is 19.3. The van der Waals surface area contributed by atoms with Crippen molar-refractivity contribution in [3.8, 4) is 11.3 Å². The summed E-state index contributed by atoms with van der Waals surface area (Å²) in [5.74, 6) is -0.785. The van der Waals surface area contributed by atoms with Crippen LogP contribution in [0.25, 0.3) is 22.2 Å². The van der Waals surface area contributed by atoms with Gasteiger partial charge in [0.25, 0.3) is 5.91 Å². The summed E-state index contributed by atoms with van der Waals surface area (Å²) in [6, 6.07) is 15.5. The maximum atomic E-state index is 13.1. The van der Waals surface area contributed by atoms with Gasteiger partial charge >= 0.3 is 0 Å². The third-order valence-electron chi connectivity index (χ3n) is 4.83. The number of fused-ring (bicyclic) bond motifs is 1. The van der Waals surface area contributed by atoms with Crippen molar-refractivity contribution in [1.29, 1.82) is 0 Å². The van der Waals surface area contributed by atoms with E-state index in [9.17, 15) is 9.59 Å². The fourth-order valence-electron chi connectivity index (χ4n) is 3.47. The zero-order valence-corrected chi connectivity index (χ0v) is 16.7. The molecule has 0 spiro atoms. The lowest BCUT2D eigenvalue weighted by molar-refractivity contribution is -0.118. The number of nitrogens with one attached hydrogen (secondary N) is 1. The summed E-state index contributed by atoms with van der Waals surface area (Å²) in [5, 5.41) is 7.64. The first-order valence-corrected chi connectivity index (χ1v) is 9.50. The molecule has 0 saturated carbocycles. The number of aryl methyl sites for hydroxylation is 2. The van der Waals surface area contributed by atoms with Crippen molar-refractivity contribution < 1.29 is 9.59 Å². The molecule has 0 atom stereocenters. The number of benzene rings is 2. The number of carbonyl (C=O) groups excluding carboxylic acids is 2. The molecule has 0 aliphatic rings. The quantitative estimate of drug-likeness (QED) is 0.536. The SMILES string of the molecule is Cc1ccc(-c2cc(C(=O)Nc3cnn(CC(N)=O)c3)c3ccccc3n2)c(C)c1. The molecule has 7 nitrogen and oxygen atoms in total. The Morgan fingerprint density at radius 2 is 1.90 bits per heavy atom. The number of carbonyl (C=O) groups is 2. The van der Waals surface area contributed by atoms with Gasteiger partial charge in [0.2, 0.25) is 5.91 Å². The molecule has 7 heteroatoms. The van der Waals surface area contributed by atoms with Crippen LogP contribution < -0.4 is 11.1 Å². The van der Waals surface area contributed by atoms with Gasteiger partial charge in [0.15, 0.2) is 0 Å². The van der Waals surface area contributed by atoms with Crippen molar-refractivity contribution in [2.45, 2.75) is 20.4 Å². The molecule has 0 aliphatic carbocycles. The zero-order valence-electron chi connectivity index (χ0n) is 16.7. The topological polar surface area (TPSA) is 103 Å². The van der Waals surface area contributed by atoms with E-state index in [1.165, 1.54) is 16.4 Å². The van der Waals surface area contributed by atoms with Crippen LogP contribution in [0, 0.1) is 13.8 Å². The highest BCUT2D eigenvalue weighted by Gasteiger charge is 2.16. The lowest BCUT2D eigenvalue weighted by Gasteiger charge is -2.12. The van der Waals surface area contributed by atoms with Gasteiger partial charge in [-0.2, -0.15) is 5.10 Å². The summed E-state index contributed by atoms with van der Waals surface area (Å²) in [5.41, 5.74) is 10.9. The molecule has 2 aromatic carbocycles. The Morgan fingerprint density at radius 3 is 2.67 bits per heavy atom. The van der Waals surface area contributed by atoms with Gasteiger partial charge in [-0.15, -0.1) is 0 Å². The lowest BCUT2D eigenvalue weighted by Crippen LogP contribution is -2.18. The van der Waals surface area contributed by atoms with Crippen LogP contribution in [0.2, 0.25) is 0 Å². The molecular weight excluding hydrogens is 378 g/mol. The summed E-state index contributed by atoms with van der Waals surface area (Å²) in [7, 11) is 0. The van der Waals surface area contributed by atoms with Gasteiger partial charge in [-0.3, -0.25) is 14.3 Å². The minimum atomic E-state index is -0.505. The first-order chi connectivity index (χ1) is 14.4. The van der Waals surface area contributed by atoms with E-state index in [-0.39, 0.29) is 12.5 Å². The number of amides is 2. The molecule has 0 aliphatic heterocycles. The van der Waals surface area contributed by atoms with Crippen LogP contribution in [0.1, 0.15) is 21.5 Å². The summed E-state index contributed by atoms with van der Waals surface area (Å²) >= 11 is 0. The minimum Gasteiger partial charge on any atom is -0.368 e. The molecule has 2 heterocycles. The monoisotopic (exact) mass is 399 g/mol. The Labute approximate surface area is 173 Å². The van der Waals surface area contributed by atoms with Gasteiger partial charge in [0.05, 0.1) is 28.7 Å². The molecule has 4 aromatic rings. The van der Waals surface area contributed by atoms with Crippen LogP contribution >= 0.6 is 0 Å². The molecule has 0 saturated heterocycles. The highest BCUT2D eigenvalue weighted by Crippen LogP contribution is 2.28. The fraction of sp³-hybridized carbons (Fsp3) is 0.130. The van der Waals surface area contributed by atoms with E-state index in [0.717, 1.165) is 27.7 Å². The number of nitrogens with zero attached hydrogens (tertiary/aromatic N) is 3. The number of hydrogen-bond acceptors (Lipinski definition) is 4. The van der Waals surface area contributed by atoms with Crippen LogP contribution in [0.5, 0.6) is 0 Å². The van der Waals surface area contributed by atoms with Gasteiger partial charge in [0.1, 0.15) is 6.54 Å². The smallest absolute Gasteiger partial charge is 0.256 e. The van der Waals surface area contributed by atoms with Crippen LogP contribution in [0.4, 0.5) is 5.69 Å². The van der Waals surface area contributed by atoms with Crippen LogP contribution in [0.3, 0.4) is 0 Å². The molecule has 0 bridgehead atoms. The number of nitrogens with two attached hydrogens (primary N) is 1. The number of rotatable bonds is 5. The number of pyridine rings is 1. The summed E-state index contributed by atoms with van der Waals surface area (Å²) < 4.78 is 1.38. The average Bonchev–Trinajstić information content (AvgIpc) is 3.13. The van der Waals surface area contributed by atoms with E-state index in [0.29, 0.717) is 11.3 Å². The van der Waals surface area contributed by atoms with Gasteiger partial charge < -0.3 is 11.1 Å². The van der Waals surface area contributed by atoms with Crippen molar-refractivity contribution in [3.63, 3.8) is 0 Å². The minimum absolute atomic E-state index is 0.0507. The van der Waals surface area contributed by atoms with Crippen molar-refractivity contribution >= 4 is 28.4 Å². The molecule has 0 fully saturated rings. The van der Waals surface area contributed by atoms with E-state index in [1.807, 2.05) is 56.3 Å². The average molecular weight is 399 g/mol. The van der Waals surface area contributed by atoms with Crippen molar-refractivity contribution in [2.24, 2.45) is 5.73 Å². The maximum absolute atomic E-state index is 13.1. The number of aromatic nitrogens is 3. The Kier molecular flexibility index (Phi) is 5.02. The summed E-state index contributed by atoms with van der Waals surface area (Å²) in [6.45, 7) is 4.03. The van der Waals surface area contributed by atoms with E-state index in [1.54, 1.807) is 6.20 Å². The molecule has 2 aromatic heterocycles. The van der Waals surface area contributed by atoms with E-state index >= 15 is 0 Å². The highest BCUT2D eigenvalue weighted by atomic mass is 16.2. The molecule has 30 heavy (non-hydrogen) atoms. The second kappa shape index (κ2) is 7.79. The van der Waals surface area contributed by atoms with Crippen molar-refractivity contribution in [3.05, 3.63) is 77.6 Å². The normalized spacial score (nSPS) is 10.9. The molecular formula is C23H21N5O2. The van der Waals surface area contributed by atoms with E-state index in [2.05, 4.69) is 16.5 Å². The van der Waals surface area contributed by atoms with Crippen LogP contribution in [-0.4, -0.2) is 26.6 Å². The van der Waals surface area contributed by atoms with Crippen LogP contribution in [-0.2, 0) is 11.3 Å². The zero-order chi connectivity index (χ0) is 21.3. The van der Waals surface area contributed by atoms with E-state index < -0.39 is 5.91 Å². The Morgan fingerprint density at radius 1 is 1.10 bits per heavy atom. The molecule has 0 radical (unpaired) electrons. The number of primary amides is 1. The molecule has 4 rings (SSSR count). The van der Waals surface area contributed by atoms with E-state index in [4.69, 9.17) is 10.7 Å². The largest absolute Gasteiger partial charge is 0.368 e. The molecule has 3 N–H and O–H groups in total.